The van der Waals surface area contributed by atoms with Gasteiger partial charge in [-0.3, -0.25) is 0 Å². The van der Waals surface area contributed by atoms with Crippen molar-refractivity contribution in [1.82, 2.24) is 0 Å². The second-order valence-electron chi connectivity index (χ2n) is 5.21. The molecule has 0 aliphatic rings. The van der Waals surface area contributed by atoms with E-state index in [1.807, 2.05) is 4.90 Å². The quantitative estimate of drug-likeness (QED) is 0.181. The van der Waals surface area contributed by atoms with Crippen molar-refractivity contribution in [3.05, 3.63) is 53.4 Å². The molecule has 0 saturated carbocycles. The molecule has 0 spiro atoms. The molecule has 0 aromatic heterocycles. The minimum Gasteiger partial charge on any atom is -0.417 e. The van der Waals surface area contributed by atoms with E-state index in [1.165, 1.54) is 12.1 Å². The number of rotatable bonds is 7. The Labute approximate surface area is 172 Å². The third kappa shape index (κ3) is 5.15. The molecule has 28 heavy (non-hydrogen) atoms. The van der Waals surface area contributed by atoms with Crippen molar-refractivity contribution in [2.45, 2.75) is 0 Å². The van der Waals surface area contributed by atoms with Crippen LogP contribution in [0.1, 0.15) is 0 Å². The smallest absolute Gasteiger partial charge is 0.363 e. The number of anilines is 1. The first-order valence-electron chi connectivity index (χ1n) is 7.68. The van der Waals surface area contributed by atoms with E-state index in [4.69, 9.17) is 27.9 Å². The second-order valence-corrected chi connectivity index (χ2v) is 6.30. The lowest BCUT2D eigenvalue weighted by Crippen LogP contribution is -2.27. The largest absolute Gasteiger partial charge is 0.417 e. The molecule has 2 aromatic rings. The molecule has 3 nitrogen and oxygen atoms in total. The monoisotopic (exact) mass is 459 g/mol. The van der Waals surface area contributed by atoms with Crippen LogP contribution >= 0.6 is 35.4 Å². The van der Waals surface area contributed by atoms with Crippen molar-refractivity contribution in [3.8, 4) is 11.5 Å². The molecule has 0 bridgehead atoms. The van der Waals surface area contributed by atoms with Crippen molar-refractivity contribution < 1.29 is 31.4 Å². The van der Waals surface area contributed by atoms with Gasteiger partial charge in [0, 0.05) is 42.8 Å². The fourth-order valence-corrected chi connectivity index (χ4v) is 2.76. The number of ether oxygens (including phenoxy) is 2. The highest BCUT2D eigenvalue weighted by Gasteiger charge is 2.28. The summed E-state index contributed by atoms with van der Waals surface area (Å²) in [5, 5.41) is -0.852. The van der Waals surface area contributed by atoms with E-state index in [-0.39, 0.29) is 5.75 Å². The summed E-state index contributed by atoms with van der Waals surface area (Å²) in [5.41, 5.74) is 0.778. The van der Waals surface area contributed by atoms with Crippen LogP contribution in [0.3, 0.4) is 0 Å². The van der Waals surface area contributed by atoms with Crippen LogP contribution in [0.25, 0.3) is 0 Å². The van der Waals surface area contributed by atoms with Gasteiger partial charge >= 0.3 is 5.24 Å². The van der Waals surface area contributed by atoms with Crippen LogP contribution in [0.4, 0.5) is 27.6 Å². The van der Waals surface area contributed by atoms with Gasteiger partial charge in [0.05, 0.1) is 0 Å². The highest BCUT2D eigenvalue weighted by molar-refractivity contribution is 7.79. The molecule has 11 heteroatoms. The van der Waals surface area contributed by atoms with Gasteiger partial charge < -0.3 is 14.4 Å². The maximum absolute atomic E-state index is 13.6. The average molecular weight is 460 g/mol. The van der Waals surface area contributed by atoms with Crippen LogP contribution in [0.2, 0.25) is 0 Å². The normalized spacial score (nSPS) is 10.7. The molecule has 2 rings (SSSR count). The maximum atomic E-state index is 13.6. The molecule has 152 valence electrons. The predicted octanol–water partition coefficient (Wildman–Crippen LogP) is 5.41. The third-order valence-corrected chi connectivity index (χ3v) is 3.97. The zero-order valence-corrected chi connectivity index (χ0v) is 16.3. The Kier molecular flexibility index (Phi) is 8.09. The van der Waals surface area contributed by atoms with Gasteiger partial charge in [0.1, 0.15) is 5.75 Å². The molecular weight excluding hydrogens is 448 g/mol. The van der Waals surface area contributed by atoms with E-state index >= 15 is 0 Å². The molecule has 0 atom stereocenters. The van der Waals surface area contributed by atoms with Crippen molar-refractivity contribution in [1.29, 1.82) is 0 Å². The lowest BCUT2D eigenvalue weighted by Gasteiger charge is -2.23. The summed E-state index contributed by atoms with van der Waals surface area (Å²) in [7, 11) is 0. The van der Waals surface area contributed by atoms with Gasteiger partial charge in [-0.1, -0.05) is 0 Å². The summed E-state index contributed by atoms with van der Waals surface area (Å²) in [4.78, 5) is 1.91. The number of hydrogen-bond acceptors (Lipinski definition) is 4. The lowest BCUT2D eigenvalue weighted by atomic mass is 10.2. The molecule has 0 saturated heterocycles. The van der Waals surface area contributed by atoms with Crippen molar-refractivity contribution in [2.75, 3.05) is 29.7 Å². The van der Waals surface area contributed by atoms with Gasteiger partial charge in [-0.2, -0.15) is 8.78 Å². The Morgan fingerprint density at radius 2 is 1.25 bits per heavy atom. The van der Waals surface area contributed by atoms with E-state index < -0.39 is 40.1 Å². The predicted molar refractivity (Wildman–Crippen MR) is 100 cm³/mol. The van der Waals surface area contributed by atoms with E-state index in [9.17, 15) is 22.0 Å². The molecular formula is C17H12Cl2F5NO2S. The Hall–Kier alpha value is -1.84. The molecule has 0 aliphatic heterocycles. The number of nitrogens with zero attached hydrogens (tertiary/aromatic N) is 1. The van der Waals surface area contributed by atoms with Gasteiger partial charge in [-0.25, -0.2) is 13.2 Å². The number of thiocarbonyl (C=S) groups is 1. The van der Waals surface area contributed by atoms with Gasteiger partial charge in [-0.05, 0) is 24.3 Å². The maximum Gasteiger partial charge on any atom is 0.363 e. The third-order valence-electron chi connectivity index (χ3n) is 3.47. The van der Waals surface area contributed by atoms with Crippen LogP contribution in [-0.2, 0) is 0 Å². The van der Waals surface area contributed by atoms with E-state index in [1.54, 1.807) is 12.1 Å². The zero-order valence-electron chi connectivity index (χ0n) is 14.0. The molecule has 0 unspecified atom stereocenters. The standard InChI is InChI=1S/C17H12Cl2F5NO2S/c18-5-7-25(8-6-19)9-1-3-10(4-2-9)26-17(28)27-16-14(23)12(21)11(20)13(22)15(16)24/h1-4H,5-8H2. The fraction of sp³-hybridized carbons (Fsp3) is 0.235. The molecule has 0 amide bonds. The summed E-state index contributed by atoms with van der Waals surface area (Å²) in [6.07, 6.45) is 0. The highest BCUT2D eigenvalue weighted by Crippen LogP contribution is 2.29. The van der Waals surface area contributed by atoms with Crippen LogP contribution in [-0.4, -0.2) is 30.1 Å². The summed E-state index contributed by atoms with van der Waals surface area (Å²) >= 11 is 16.1. The number of halogens is 7. The van der Waals surface area contributed by atoms with Gasteiger partial charge in [-0.15, -0.1) is 23.2 Å². The number of alkyl halides is 2. The average Bonchev–Trinajstić information content (AvgIpc) is 2.68. The molecule has 0 fully saturated rings. The zero-order chi connectivity index (χ0) is 20.8. The topological polar surface area (TPSA) is 21.7 Å². The summed E-state index contributed by atoms with van der Waals surface area (Å²) < 4.78 is 76.2. The van der Waals surface area contributed by atoms with Crippen molar-refractivity contribution >= 4 is 46.3 Å². The van der Waals surface area contributed by atoms with Gasteiger partial charge in [0.25, 0.3) is 0 Å². The molecule has 0 heterocycles. The van der Waals surface area contributed by atoms with E-state index in [2.05, 4.69) is 17.0 Å². The molecule has 0 aliphatic carbocycles. The summed E-state index contributed by atoms with van der Waals surface area (Å²) in [5.74, 6) is -11.6. The molecule has 0 radical (unpaired) electrons. The van der Waals surface area contributed by atoms with Crippen LogP contribution in [0.5, 0.6) is 11.5 Å². The fourth-order valence-electron chi connectivity index (χ4n) is 2.17. The van der Waals surface area contributed by atoms with E-state index in [0.29, 0.717) is 24.8 Å². The second kappa shape index (κ2) is 10.1. The minimum atomic E-state index is -2.30. The Bertz CT molecular complexity index is 819. The van der Waals surface area contributed by atoms with Crippen LogP contribution < -0.4 is 14.4 Å². The summed E-state index contributed by atoms with van der Waals surface area (Å²) in [6, 6.07) is 6.24. The van der Waals surface area contributed by atoms with Gasteiger partial charge in [0.2, 0.25) is 34.8 Å². The van der Waals surface area contributed by atoms with Crippen molar-refractivity contribution in [2.24, 2.45) is 0 Å². The first kappa shape index (κ1) is 22.4. The SMILES string of the molecule is Fc1c(F)c(F)c(OC(=S)Oc2ccc(N(CCCl)CCCl)cc2)c(F)c1F. The van der Waals surface area contributed by atoms with Gasteiger partial charge in [0.15, 0.2) is 0 Å². The Morgan fingerprint density at radius 3 is 1.71 bits per heavy atom. The van der Waals surface area contributed by atoms with E-state index in [0.717, 1.165) is 5.69 Å². The Balaban J connectivity index is 2.12. The summed E-state index contributed by atoms with van der Waals surface area (Å²) in [6.45, 7) is 1.10. The van der Waals surface area contributed by atoms with Crippen LogP contribution in [0.15, 0.2) is 24.3 Å². The first-order chi connectivity index (χ1) is 13.3. The molecule has 2 aromatic carbocycles. The molecule has 0 N–H and O–H groups in total. The van der Waals surface area contributed by atoms with Crippen molar-refractivity contribution in [3.63, 3.8) is 0 Å². The highest BCUT2D eigenvalue weighted by atomic mass is 35.5. The first-order valence-corrected chi connectivity index (χ1v) is 9.15. The minimum absolute atomic E-state index is 0.120. The van der Waals surface area contributed by atoms with Crippen LogP contribution in [0, 0.1) is 29.1 Å². The lowest BCUT2D eigenvalue weighted by molar-refractivity contribution is 0.323. The number of benzene rings is 2. The number of hydrogen-bond donors (Lipinski definition) is 0. The Morgan fingerprint density at radius 1 is 0.786 bits per heavy atom.